The highest BCUT2D eigenvalue weighted by Crippen LogP contribution is 2.14. The summed E-state index contributed by atoms with van der Waals surface area (Å²) >= 11 is 0. The van der Waals surface area contributed by atoms with Gasteiger partial charge in [-0.2, -0.15) is 25.3 Å². The number of amides is 2. The molecular formula is C21H43NO15S3. The Morgan fingerprint density at radius 3 is 1.05 bits per heavy atom. The molecule has 0 fully saturated rings. The Morgan fingerprint density at radius 2 is 0.800 bits per heavy atom. The molecule has 0 aromatic rings. The maximum Gasteiger partial charge on any atom is 0.419 e. The van der Waals surface area contributed by atoms with Crippen LogP contribution in [0.3, 0.4) is 0 Å². The molecule has 240 valence electrons. The zero-order chi connectivity index (χ0) is 31.8. The molecule has 40 heavy (non-hydrogen) atoms. The molecule has 0 radical (unpaired) electrons. The number of hydrogen-bond donors (Lipinski definition) is 0. The van der Waals surface area contributed by atoms with Crippen LogP contribution in [0.15, 0.2) is 0 Å². The number of imide groups is 1. The maximum atomic E-state index is 12.2. The van der Waals surface area contributed by atoms with Crippen LogP contribution >= 0.6 is 0 Å². The van der Waals surface area contributed by atoms with Crippen molar-refractivity contribution in [2.75, 3.05) is 71.6 Å². The van der Waals surface area contributed by atoms with Crippen molar-refractivity contribution in [3.8, 4) is 0 Å². The fraction of sp³-hybridized carbons (Fsp3) is 0.905. The summed E-state index contributed by atoms with van der Waals surface area (Å²) in [5.74, 6) is 0. The minimum Gasteiger partial charge on any atom is -0.443 e. The lowest BCUT2D eigenvalue weighted by Gasteiger charge is -2.28. The molecule has 0 aliphatic rings. The summed E-state index contributed by atoms with van der Waals surface area (Å²) in [5, 5.41) is 0. The SMILES string of the molecule is CC(C)(C)OC(=O)N(CCOCCOS(C)(=O)=O)C(=O)OC(C)(C)C.CS(=O)(=O)OCCOCCOS(C)(=O)=O. The fourth-order valence-electron chi connectivity index (χ4n) is 1.98. The quantitative estimate of drug-likeness (QED) is 0.181. The molecule has 0 aromatic carbocycles. The smallest absolute Gasteiger partial charge is 0.419 e. The van der Waals surface area contributed by atoms with E-state index in [1.165, 1.54) is 0 Å². The zero-order valence-electron chi connectivity index (χ0n) is 24.5. The van der Waals surface area contributed by atoms with E-state index in [4.69, 9.17) is 18.9 Å². The molecule has 16 nitrogen and oxygen atoms in total. The van der Waals surface area contributed by atoms with Crippen LogP contribution < -0.4 is 0 Å². The Balaban J connectivity index is 0. The average molecular weight is 646 g/mol. The van der Waals surface area contributed by atoms with Gasteiger partial charge in [0.05, 0.1) is 71.6 Å². The normalized spacial score (nSPS) is 12.7. The second-order valence-electron chi connectivity index (χ2n) is 9.92. The van der Waals surface area contributed by atoms with E-state index in [9.17, 15) is 34.8 Å². The Morgan fingerprint density at radius 1 is 0.525 bits per heavy atom. The van der Waals surface area contributed by atoms with E-state index < -0.39 is 53.7 Å². The lowest BCUT2D eigenvalue weighted by atomic mass is 10.2. The first-order valence-electron chi connectivity index (χ1n) is 11.7. The van der Waals surface area contributed by atoms with E-state index in [-0.39, 0.29) is 52.8 Å². The van der Waals surface area contributed by atoms with Gasteiger partial charge < -0.3 is 18.9 Å². The van der Waals surface area contributed by atoms with Crippen LogP contribution in [0.25, 0.3) is 0 Å². The molecule has 0 aliphatic heterocycles. The van der Waals surface area contributed by atoms with Crippen molar-refractivity contribution in [2.45, 2.75) is 52.7 Å². The van der Waals surface area contributed by atoms with Crippen LogP contribution in [0.5, 0.6) is 0 Å². The second-order valence-corrected chi connectivity index (χ2v) is 14.8. The average Bonchev–Trinajstić information content (AvgIpc) is 2.67. The lowest BCUT2D eigenvalue weighted by Crippen LogP contribution is -2.45. The highest BCUT2D eigenvalue weighted by Gasteiger charge is 2.30. The molecule has 0 aliphatic carbocycles. The van der Waals surface area contributed by atoms with Crippen molar-refractivity contribution in [1.29, 1.82) is 0 Å². The summed E-state index contributed by atoms with van der Waals surface area (Å²) in [6.07, 6.45) is 1.09. The number of carbonyl (C=O) groups excluding carboxylic acids is 2. The summed E-state index contributed by atoms with van der Waals surface area (Å²) in [7, 11) is -10.4. The summed E-state index contributed by atoms with van der Waals surface area (Å²) in [6.45, 7) is 9.68. The molecule has 0 rings (SSSR count). The van der Waals surface area contributed by atoms with Gasteiger partial charge in [-0.15, -0.1) is 0 Å². The number of rotatable bonds is 15. The van der Waals surface area contributed by atoms with Crippen molar-refractivity contribution in [3.63, 3.8) is 0 Å². The van der Waals surface area contributed by atoms with Gasteiger partial charge in [0.2, 0.25) is 0 Å². The van der Waals surface area contributed by atoms with Gasteiger partial charge in [0.25, 0.3) is 30.4 Å². The standard InChI is InChI=1S/C15H29NO8S.C6H14O7S2/c1-14(2,3)23-12(17)16(13(18)24-15(4,5)6)8-9-21-10-11-22-25(7,19)20;1-14(7,8)12-5-3-11-4-6-13-15(2,9)10/h8-11H2,1-7H3;3-6H2,1-2H3. The van der Waals surface area contributed by atoms with Crippen molar-refractivity contribution in [3.05, 3.63) is 0 Å². The van der Waals surface area contributed by atoms with E-state index >= 15 is 0 Å². The lowest BCUT2D eigenvalue weighted by molar-refractivity contribution is -0.00541. The van der Waals surface area contributed by atoms with Gasteiger partial charge in [0.1, 0.15) is 11.2 Å². The molecule has 0 N–H and O–H groups in total. The number of nitrogens with zero attached hydrogens (tertiary/aromatic N) is 1. The van der Waals surface area contributed by atoms with Gasteiger partial charge in [-0.25, -0.2) is 14.5 Å². The first-order valence-corrected chi connectivity index (χ1v) is 17.2. The van der Waals surface area contributed by atoms with Crippen LogP contribution in [0.4, 0.5) is 9.59 Å². The molecular weight excluding hydrogens is 602 g/mol. The van der Waals surface area contributed by atoms with Crippen LogP contribution in [0.1, 0.15) is 41.5 Å². The van der Waals surface area contributed by atoms with E-state index in [1.54, 1.807) is 41.5 Å². The molecule has 0 atom stereocenters. The Bertz CT molecular complexity index is 1010. The van der Waals surface area contributed by atoms with E-state index in [0.717, 1.165) is 23.7 Å². The zero-order valence-corrected chi connectivity index (χ0v) is 26.9. The summed E-state index contributed by atoms with van der Waals surface area (Å²) in [6, 6.07) is 0. The van der Waals surface area contributed by atoms with E-state index in [0.29, 0.717) is 0 Å². The van der Waals surface area contributed by atoms with Crippen molar-refractivity contribution < 1.29 is 66.3 Å². The predicted molar refractivity (Wildman–Crippen MR) is 143 cm³/mol. The first kappa shape index (κ1) is 40.5. The van der Waals surface area contributed by atoms with Crippen LogP contribution in [-0.4, -0.2) is 125 Å². The summed E-state index contributed by atoms with van der Waals surface area (Å²) in [4.78, 5) is 25.2. The molecule has 19 heteroatoms. The molecule has 0 spiro atoms. The predicted octanol–water partition coefficient (Wildman–Crippen LogP) is 1.11. The molecule has 2 amide bonds. The Labute approximate surface area is 237 Å². The van der Waals surface area contributed by atoms with Crippen molar-refractivity contribution >= 4 is 42.5 Å². The largest absolute Gasteiger partial charge is 0.443 e. The van der Waals surface area contributed by atoms with Crippen molar-refractivity contribution in [1.82, 2.24) is 4.90 Å². The van der Waals surface area contributed by atoms with Gasteiger partial charge in [0, 0.05) is 0 Å². The third-order valence-electron chi connectivity index (χ3n) is 3.26. The highest BCUT2D eigenvalue weighted by molar-refractivity contribution is 7.86. The third kappa shape index (κ3) is 30.9. The monoisotopic (exact) mass is 645 g/mol. The number of carbonyl (C=O) groups is 2. The molecule has 0 saturated carbocycles. The summed E-state index contributed by atoms with van der Waals surface area (Å²) in [5.41, 5.74) is -1.55. The summed E-state index contributed by atoms with van der Waals surface area (Å²) < 4.78 is 97.1. The number of ether oxygens (including phenoxy) is 4. The second kappa shape index (κ2) is 18.0. The maximum absolute atomic E-state index is 12.2. The molecule has 0 heterocycles. The van der Waals surface area contributed by atoms with Crippen molar-refractivity contribution in [2.24, 2.45) is 0 Å². The van der Waals surface area contributed by atoms with Crippen LogP contribution in [0.2, 0.25) is 0 Å². The molecule has 0 unspecified atom stereocenters. The number of hydrogen-bond acceptors (Lipinski definition) is 15. The Hall–Kier alpha value is -1.61. The van der Waals surface area contributed by atoms with Crippen LogP contribution in [-0.2, 0) is 61.9 Å². The van der Waals surface area contributed by atoms with Crippen LogP contribution in [0, 0.1) is 0 Å². The van der Waals surface area contributed by atoms with Gasteiger partial charge in [-0.05, 0) is 41.5 Å². The Kier molecular flexibility index (Phi) is 18.3. The van der Waals surface area contributed by atoms with Gasteiger partial charge in [0.15, 0.2) is 0 Å². The minimum atomic E-state index is -3.53. The molecule has 0 bridgehead atoms. The molecule has 0 aromatic heterocycles. The van der Waals surface area contributed by atoms with E-state index in [1.807, 2.05) is 0 Å². The van der Waals surface area contributed by atoms with E-state index in [2.05, 4.69) is 12.5 Å². The fourth-order valence-corrected chi connectivity index (χ4v) is 3.10. The topological polar surface area (TPSA) is 204 Å². The van der Waals surface area contributed by atoms with Gasteiger partial charge in [-0.3, -0.25) is 12.5 Å². The van der Waals surface area contributed by atoms with Gasteiger partial charge in [-0.1, -0.05) is 0 Å². The minimum absolute atomic E-state index is 0.0104. The molecule has 0 saturated heterocycles. The highest BCUT2D eigenvalue weighted by atomic mass is 32.2. The van der Waals surface area contributed by atoms with Gasteiger partial charge >= 0.3 is 12.2 Å². The first-order chi connectivity index (χ1) is 17.8. The third-order valence-corrected chi connectivity index (χ3v) is 5.05.